The molecule has 0 atom stereocenters. The summed E-state index contributed by atoms with van der Waals surface area (Å²) < 4.78 is 27.2. The van der Waals surface area contributed by atoms with Crippen molar-refractivity contribution in [3.8, 4) is 6.07 Å². The maximum atomic E-state index is 12.3. The van der Waals surface area contributed by atoms with Crippen molar-refractivity contribution in [3.63, 3.8) is 0 Å². The number of hydrogen-bond acceptors (Lipinski definition) is 3. The average molecular weight is 321 g/mol. The van der Waals surface area contributed by atoms with Crippen molar-refractivity contribution in [2.75, 3.05) is 0 Å². The van der Waals surface area contributed by atoms with Crippen molar-refractivity contribution in [1.29, 1.82) is 5.26 Å². The summed E-state index contributed by atoms with van der Waals surface area (Å²) in [5.41, 5.74) is 1.66. The van der Waals surface area contributed by atoms with Crippen LogP contribution in [0.5, 0.6) is 0 Å². The van der Waals surface area contributed by atoms with Gasteiger partial charge in [-0.25, -0.2) is 13.1 Å². The van der Waals surface area contributed by atoms with Crippen LogP contribution in [0.1, 0.15) is 16.7 Å². The number of sulfonamides is 1. The lowest BCUT2D eigenvalue weighted by atomic mass is 10.2. The van der Waals surface area contributed by atoms with E-state index in [0.29, 0.717) is 16.1 Å². The highest BCUT2D eigenvalue weighted by Crippen LogP contribution is 2.17. The molecule has 0 saturated carbocycles. The monoisotopic (exact) mass is 320 g/mol. The number of benzene rings is 2. The molecule has 0 bridgehead atoms. The van der Waals surface area contributed by atoms with Gasteiger partial charge in [-0.1, -0.05) is 29.8 Å². The van der Waals surface area contributed by atoms with Gasteiger partial charge in [-0.05, 0) is 42.3 Å². The standard InChI is InChI=1S/C15H13ClN2O2S/c1-11-5-6-12(9-17)8-15(11)21(19,20)18-10-13-3-2-4-14(16)7-13/h2-8,18H,10H2,1H3. The van der Waals surface area contributed by atoms with E-state index in [4.69, 9.17) is 16.9 Å². The fraction of sp³-hybridized carbons (Fsp3) is 0.133. The van der Waals surface area contributed by atoms with Gasteiger partial charge in [0.15, 0.2) is 0 Å². The molecular formula is C15H13ClN2O2S. The molecule has 4 nitrogen and oxygen atoms in total. The molecule has 0 radical (unpaired) electrons. The van der Waals surface area contributed by atoms with Crippen molar-refractivity contribution >= 4 is 21.6 Å². The third-order valence-corrected chi connectivity index (χ3v) is 4.74. The molecule has 0 heterocycles. The second-order valence-electron chi connectivity index (χ2n) is 4.55. The molecule has 0 saturated heterocycles. The molecule has 6 heteroatoms. The largest absolute Gasteiger partial charge is 0.241 e. The van der Waals surface area contributed by atoms with Crippen molar-refractivity contribution in [3.05, 3.63) is 64.2 Å². The Hall–Kier alpha value is -1.87. The molecule has 1 N–H and O–H groups in total. The lowest BCUT2D eigenvalue weighted by molar-refractivity contribution is 0.580. The minimum Gasteiger partial charge on any atom is -0.207 e. The Morgan fingerprint density at radius 2 is 2.00 bits per heavy atom. The lowest BCUT2D eigenvalue weighted by Crippen LogP contribution is -2.24. The molecule has 0 aliphatic heterocycles. The molecule has 0 fully saturated rings. The molecule has 0 aliphatic carbocycles. The number of halogens is 1. The average Bonchev–Trinajstić information content (AvgIpc) is 2.46. The van der Waals surface area contributed by atoms with E-state index in [1.807, 2.05) is 6.07 Å². The minimum absolute atomic E-state index is 0.114. The summed E-state index contributed by atoms with van der Waals surface area (Å²) in [5, 5.41) is 9.43. The Morgan fingerprint density at radius 3 is 2.67 bits per heavy atom. The van der Waals surface area contributed by atoms with Gasteiger partial charge >= 0.3 is 0 Å². The Bertz CT molecular complexity index is 811. The summed E-state index contributed by atoms with van der Waals surface area (Å²) in [7, 11) is -3.68. The second kappa shape index (κ2) is 6.27. The van der Waals surface area contributed by atoms with Gasteiger partial charge in [0.1, 0.15) is 0 Å². The quantitative estimate of drug-likeness (QED) is 0.941. The number of nitriles is 1. The van der Waals surface area contributed by atoms with Gasteiger partial charge in [-0.2, -0.15) is 5.26 Å². The van der Waals surface area contributed by atoms with E-state index in [0.717, 1.165) is 5.56 Å². The first kappa shape index (κ1) is 15.5. The molecule has 0 spiro atoms. The van der Waals surface area contributed by atoms with Crippen molar-refractivity contribution in [2.45, 2.75) is 18.4 Å². The maximum Gasteiger partial charge on any atom is 0.241 e. The molecule has 0 aromatic heterocycles. The van der Waals surface area contributed by atoms with Crippen LogP contribution in [0.25, 0.3) is 0 Å². The van der Waals surface area contributed by atoms with Crippen molar-refractivity contribution in [2.24, 2.45) is 0 Å². The number of hydrogen-bond donors (Lipinski definition) is 1. The molecule has 2 aromatic carbocycles. The summed E-state index contributed by atoms with van der Waals surface area (Å²) in [4.78, 5) is 0.114. The first-order valence-corrected chi connectivity index (χ1v) is 8.03. The van der Waals surface area contributed by atoms with Crippen LogP contribution >= 0.6 is 11.6 Å². The molecule has 21 heavy (non-hydrogen) atoms. The highest BCUT2D eigenvalue weighted by Gasteiger charge is 2.17. The summed E-state index contributed by atoms with van der Waals surface area (Å²) in [6, 6.07) is 13.5. The van der Waals surface area contributed by atoms with E-state index < -0.39 is 10.0 Å². The van der Waals surface area contributed by atoms with Crippen molar-refractivity contribution in [1.82, 2.24) is 4.72 Å². The number of nitrogens with one attached hydrogen (secondary N) is 1. The third kappa shape index (κ3) is 3.82. The van der Waals surface area contributed by atoms with Crippen LogP contribution in [-0.4, -0.2) is 8.42 Å². The van der Waals surface area contributed by atoms with Crippen LogP contribution in [0.2, 0.25) is 5.02 Å². The van der Waals surface area contributed by atoms with E-state index in [1.165, 1.54) is 6.07 Å². The van der Waals surface area contributed by atoms with Gasteiger partial charge in [-0.15, -0.1) is 0 Å². The predicted octanol–water partition coefficient (Wildman–Crippen LogP) is 3.00. The van der Waals surface area contributed by atoms with Crippen LogP contribution < -0.4 is 4.72 Å². The zero-order valence-corrected chi connectivity index (χ0v) is 12.9. The van der Waals surface area contributed by atoms with E-state index in [1.54, 1.807) is 43.3 Å². The van der Waals surface area contributed by atoms with Gasteiger partial charge in [0.2, 0.25) is 10.0 Å². The predicted molar refractivity (Wildman–Crippen MR) is 81.4 cm³/mol. The van der Waals surface area contributed by atoms with Crippen LogP contribution in [0.4, 0.5) is 0 Å². The smallest absolute Gasteiger partial charge is 0.207 e. The Morgan fingerprint density at radius 1 is 1.24 bits per heavy atom. The van der Waals surface area contributed by atoms with Crippen molar-refractivity contribution < 1.29 is 8.42 Å². The van der Waals surface area contributed by atoms with E-state index in [9.17, 15) is 8.42 Å². The molecule has 2 rings (SSSR count). The fourth-order valence-corrected chi connectivity index (χ4v) is 3.36. The lowest BCUT2D eigenvalue weighted by Gasteiger charge is -2.10. The molecule has 108 valence electrons. The molecule has 2 aromatic rings. The van der Waals surface area contributed by atoms with Gasteiger partial charge in [0.25, 0.3) is 0 Å². The summed E-state index contributed by atoms with van der Waals surface area (Å²) in [5.74, 6) is 0. The van der Waals surface area contributed by atoms with Crippen LogP contribution in [0, 0.1) is 18.3 Å². The molecule has 0 amide bonds. The Kier molecular flexibility index (Phi) is 4.63. The minimum atomic E-state index is -3.68. The second-order valence-corrected chi connectivity index (χ2v) is 6.72. The van der Waals surface area contributed by atoms with Gasteiger partial charge in [-0.3, -0.25) is 0 Å². The number of aryl methyl sites for hydroxylation is 1. The summed E-state index contributed by atoms with van der Waals surface area (Å²) in [6.07, 6.45) is 0. The topological polar surface area (TPSA) is 70.0 Å². The first-order valence-electron chi connectivity index (χ1n) is 6.17. The SMILES string of the molecule is Cc1ccc(C#N)cc1S(=O)(=O)NCc1cccc(Cl)c1. The first-order chi connectivity index (χ1) is 9.92. The van der Waals surface area contributed by atoms with Gasteiger partial charge in [0, 0.05) is 11.6 Å². The van der Waals surface area contributed by atoms with Crippen LogP contribution in [-0.2, 0) is 16.6 Å². The molecule has 0 unspecified atom stereocenters. The van der Waals surface area contributed by atoms with Gasteiger partial charge in [0.05, 0.1) is 16.5 Å². The highest BCUT2D eigenvalue weighted by molar-refractivity contribution is 7.89. The normalized spacial score (nSPS) is 11.1. The Balaban J connectivity index is 2.25. The van der Waals surface area contributed by atoms with E-state index in [-0.39, 0.29) is 11.4 Å². The number of nitrogens with zero attached hydrogens (tertiary/aromatic N) is 1. The number of rotatable bonds is 4. The molecule has 0 aliphatic rings. The highest BCUT2D eigenvalue weighted by atomic mass is 35.5. The van der Waals surface area contributed by atoms with E-state index >= 15 is 0 Å². The summed E-state index contributed by atoms with van der Waals surface area (Å²) in [6.45, 7) is 1.83. The van der Waals surface area contributed by atoms with E-state index in [2.05, 4.69) is 4.72 Å². The zero-order valence-electron chi connectivity index (χ0n) is 11.3. The zero-order chi connectivity index (χ0) is 15.5. The van der Waals surface area contributed by atoms with Gasteiger partial charge < -0.3 is 0 Å². The Labute approximate surface area is 129 Å². The molecular weight excluding hydrogens is 308 g/mol. The van der Waals surface area contributed by atoms with Crippen LogP contribution in [0.15, 0.2) is 47.4 Å². The summed E-state index contributed by atoms with van der Waals surface area (Å²) >= 11 is 5.86. The maximum absolute atomic E-state index is 12.3. The van der Waals surface area contributed by atoms with Crippen LogP contribution in [0.3, 0.4) is 0 Å². The fourth-order valence-electron chi connectivity index (χ4n) is 1.86. The third-order valence-electron chi connectivity index (χ3n) is 2.96.